The van der Waals surface area contributed by atoms with Crippen LogP contribution >= 0.6 is 11.8 Å². The minimum absolute atomic E-state index is 0.121. The van der Waals surface area contributed by atoms with E-state index in [0.717, 1.165) is 20.8 Å². The van der Waals surface area contributed by atoms with E-state index in [1.807, 2.05) is 0 Å². The van der Waals surface area contributed by atoms with Crippen molar-refractivity contribution >= 4 is 124 Å². The first-order valence-electron chi connectivity index (χ1n) is 37.3. The van der Waals surface area contributed by atoms with Gasteiger partial charge in [0.25, 0.3) is 0 Å². The van der Waals surface area contributed by atoms with Crippen molar-refractivity contribution in [3.63, 3.8) is 0 Å². The standard InChI is InChI=1S/C72H116N16O26S/c1-13-36(8)56(69(110)83-47(30-50(74)92)66(107)85-55(35(6)7)68(109)84-48(72(113)114)29-40-17-15-14-16-18-40)86-65(106)46(28-34(4)5)82-71(112)58(39(11)91)88-62(103)42(20-23-53(96)97)78-61(102)44(25-26-115-12)77-59(100)37(9)75-70(111)57(38(10)90)87-63(104)43(21-24-54(98)99)79-64(105)45(27-33(2)3)81-60(101)41(19-22-52(94)95)80-67(108)49(32-89)76-51(93)31-73/h14-18,33-39,41-49,55-58,89-91H,13,19-32,73H2,1-12H3,(H2,74,92)(H,75,111)(H,76,93)(H,77,100)(H,78,102)(H,79,105)(H,80,108)(H,81,101)(H,82,112)(H,83,110)(H,84,109)(H,85,107)(H,86,106)(H,87,104)(H,88,103)(H,94,95)(H,96,97)(H,98,99)(H,113,114)/t36-,37-,38+,39+,41-,42-,43-,44-,45-,46-,47-,48-,49-,55-,56-,57-,58-/m0/s1. The van der Waals surface area contributed by atoms with Crippen molar-refractivity contribution in [2.75, 3.05) is 25.2 Å². The third-order valence-electron chi connectivity index (χ3n) is 17.6. The predicted molar refractivity (Wildman–Crippen MR) is 411 cm³/mol. The molecule has 0 unspecified atom stereocenters. The molecule has 0 spiro atoms. The number of aliphatic hydroxyl groups is 3. The molecule has 1 rings (SSSR count). The lowest BCUT2D eigenvalue weighted by Gasteiger charge is -2.30. The van der Waals surface area contributed by atoms with Gasteiger partial charge in [-0.15, -0.1) is 0 Å². The molecule has 0 aromatic heterocycles. The fourth-order valence-electron chi connectivity index (χ4n) is 11.0. The molecule has 43 heteroatoms. The number of hydrogen-bond acceptors (Lipinski definition) is 24. The summed E-state index contributed by atoms with van der Waals surface area (Å²) in [5.74, 6) is -24.6. The lowest BCUT2D eigenvalue weighted by atomic mass is 9.96. The Bertz CT molecular complexity index is 3520. The molecule has 0 fully saturated rings. The fourth-order valence-corrected chi connectivity index (χ4v) is 11.5. The second-order valence-electron chi connectivity index (χ2n) is 28.8. The topological polar surface area (TPSA) is 686 Å². The smallest absolute Gasteiger partial charge is 0.326 e. The Balaban J connectivity index is 3.54. The van der Waals surface area contributed by atoms with E-state index in [9.17, 15) is 127 Å². The molecular formula is C72H116N16O26S. The molecule has 17 atom stereocenters. The second-order valence-corrected chi connectivity index (χ2v) is 29.8. The monoisotopic (exact) mass is 1650 g/mol. The van der Waals surface area contributed by atoms with Crippen LogP contribution < -0.4 is 85.9 Å². The van der Waals surface area contributed by atoms with Crippen LogP contribution in [-0.2, 0) is 97.5 Å². The van der Waals surface area contributed by atoms with Crippen LogP contribution in [0.25, 0.3) is 0 Å². The van der Waals surface area contributed by atoms with Crippen LogP contribution in [0.1, 0.15) is 152 Å². The molecular weight excluding hydrogens is 1540 g/mol. The van der Waals surface area contributed by atoms with Gasteiger partial charge < -0.3 is 122 Å². The molecule has 0 heterocycles. The van der Waals surface area contributed by atoms with Gasteiger partial charge in [0.05, 0.1) is 31.8 Å². The largest absolute Gasteiger partial charge is 0.481 e. The maximum atomic E-state index is 14.4. The summed E-state index contributed by atoms with van der Waals surface area (Å²) in [4.78, 5) is 254. The van der Waals surface area contributed by atoms with E-state index >= 15 is 0 Å². The molecule has 0 bridgehead atoms. The molecule has 0 aliphatic carbocycles. The number of rotatable bonds is 55. The minimum Gasteiger partial charge on any atom is -0.481 e. The van der Waals surface area contributed by atoms with Crippen LogP contribution in [0, 0.1) is 23.7 Å². The van der Waals surface area contributed by atoms with E-state index in [1.54, 1.807) is 78.1 Å². The summed E-state index contributed by atoms with van der Waals surface area (Å²) in [5.41, 5.74) is 11.4. The van der Waals surface area contributed by atoms with Crippen molar-refractivity contribution in [3.05, 3.63) is 35.9 Å². The number of amides is 15. The van der Waals surface area contributed by atoms with E-state index in [-0.39, 0.29) is 37.9 Å². The zero-order chi connectivity index (χ0) is 87.8. The Labute approximate surface area is 669 Å². The van der Waals surface area contributed by atoms with E-state index in [4.69, 9.17) is 11.5 Å². The first-order valence-corrected chi connectivity index (χ1v) is 38.7. The maximum absolute atomic E-state index is 14.4. The molecule has 646 valence electrons. The van der Waals surface area contributed by atoms with Crippen molar-refractivity contribution in [3.8, 4) is 0 Å². The fraction of sp³-hybridized carbons (Fsp3) is 0.653. The van der Waals surface area contributed by atoms with Gasteiger partial charge in [0.1, 0.15) is 84.6 Å². The highest BCUT2D eigenvalue weighted by Crippen LogP contribution is 2.16. The normalized spacial score (nSPS) is 15.6. The quantitative estimate of drug-likeness (QED) is 0.0289. The first kappa shape index (κ1) is 102. The number of aliphatic carboxylic acids is 4. The molecule has 0 saturated carbocycles. The number of carboxylic acids is 4. The number of carbonyl (C=O) groups excluding carboxylic acids is 15. The Morgan fingerprint density at radius 1 is 0.400 bits per heavy atom. The van der Waals surface area contributed by atoms with Crippen molar-refractivity contribution in [2.45, 2.75) is 250 Å². The number of aliphatic hydroxyl groups excluding tert-OH is 3. The highest BCUT2D eigenvalue weighted by Gasteiger charge is 2.41. The third kappa shape index (κ3) is 38.4. The Morgan fingerprint density at radius 3 is 1.13 bits per heavy atom. The van der Waals surface area contributed by atoms with Gasteiger partial charge >= 0.3 is 23.9 Å². The first-order chi connectivity index (χ1) is 53.7. The van der Waals surface area contributed by atoms with Crippen LogP contribution in [-0.4, -0.2) is 270 Å². The zero-order valence-electron chi connectivity index (χ0n) is 66.5. The molecule has 115 heavy (non-hydrogen) atoms. The van der Waals surface area contributed by atoms with Crippen LogP contribution in [0.3, 0.4) is 0 Å². The number of carbonyl (C=O) groups is 19. The number of nitrogens with one attached hydrogen (secondary N) is 14. The van der Waals surface area contributed by atoms with Crippen molar-refractivity contribution in [2.24, 2.45) is 35.1 Å². The van der Waals surface area contributed by atoms with E-state index in [2.05, 4.69) is 74.4 Å². The summed E-state index contributed by atoms with van der Waals surface area (Å²) in [5, 5.41) is 103. The summed E-state index contributed by atoms with van der Waals surface area (Å²) in [6.07, 6.45) is -7.59. The number of thioether (sulfide) groups is 1. The van der Waals surface area contributed by atoms with Crippen LogP contribution in [0.15, 0.2) is 30.3 Å². The Hall–Kier alpha value is -10.7. The molecule has 1 aromatic rings. The molecule has 0 radical (unpaired) electrons. The van der Waals surface area contributed by atoms with E-state index < -0.39 is 291 Å². The Kier molecular flexibility index (Phi) is 46.2. The van der Waals surface area contributed by atoms with Crippen molar-refractivity contribution in [1.82, 2.24) is 74.4 Å². The second kappa shape index (κ2) is 52.0. The number of primary amides is 1. The predicted octanol–water partition coefficient (Wildman–Crippen LogP) is -6.15. The van der Waals surface area contributed by atoms with Crippen LogP contribution in [0.2, 0.25) is 0 Å². The summed E-state index contributed by atoms with van der Waals surface area (Å²) >= 11 is 1.18. The average molecular weight is 1650 g/mol. The zero-order valence-corrected chi connectivity index (χ0v) is 67.3. The molecule has 0 saturated heterocycles. The van der Waals surface area contributed by atoms with Gasteiger partial charge in [-0.2, -0.15) is 11.8 Å². The minimum atomic E-state index is -1.99. The van der Waals surface area contributed by atoms with Crippen LogP contribution in [0.5, 0.6) is 0 Å². The number of benzene rings is 1. The maximum Gasteiger partial charge on any atom is 0.326 e. The summed E-state index contributed by atoms with van der Waals surface area (Å²) < 4.78 is 0. The third-order valence-corrected chi connectivity index (χ3v) is 18.3. The highest BCUT2D eigenvalue weighted by molar-refractivity contribution is 7.98. The molecule has 0 aliphatic rings. The lowest BCUT2D eigenvalue weighted by Crippen LogP contribution is -2.63. The molecule has 25 N–H and O–H groups in total. The van der Waals surface area contributed by atoms with Crippen molar-refractivity contribution in [1.29, 1.82) is 0 Å². The highest BCUT2D eigenvalue weighted by atomic mass is 32.2. The van der Waals surface area contributed by atoms with Gasteiger partial charge in [0.2, 0.25) is 88.6 Å². The summed E-state index contributed by atoms with van der Waals surface area (Å²) in [6.45, 7) is 14.4. The van der Waals surface area contributed by atoms with Gasteiger partial charge in [-0.05, 0) is 101 Å². The van der Waals surface area contributed by atoms with Gasteiger partial charge in [-0.3, -0.25) is 86.3 Å². The SMILES string of the molecule is CC[C@H](C)[C@H](NC(=O)[C@H](CC(C)C)NC(=O)[C@@H](NC(=O)[C@H](CCC(=O)O)NC(=O)[C@H](CCSC)NC(=O)[C@H](C)NC(=O)[C@@H](NC(=O)[C@H](CCC(=O)O)NC(=O)[C@H](CC(C)C)NC(=O)[C@H](CCC(=O)O)NC(=O)[C@H](CO)NC(=O)CN)[C@@H](C)O)[C@@H](C)O)C(=O)N[C@@H](CC(N)=O)C(=O)N[C@H](C(=O)N[C@@H](Cc1ccccc1)C(=O)O)C(C)C. The van der Waals surface area contributed by atoms with Crippen LogP contribution in [0.4, 0.5) is 0 Å². The van der Waals surface area contributed by atoms with E-state index in [1.165, 1.54) is 25.6 Å². The summed E-state index contributed by atoms with van der Waals surface area (Å²) in [7, 11) is 0. The van der Waals surface area contributed by atoms with E-state index in [0.29, 0.717) is 5.56 Å². The van der Waals surface area contributed by atoms with Gasteiger partial charge in [0.15, 0.2) is 0 Å². The van der Waals surface area contributed by atoms with Crippen molar-refractivity contribution < 1.29 is 127 Å². The van der Waals surface area contributed by atoms with Gasteiger partial charge in [-0.1, -0.05) is 92.1 Å². The number of hydrogen-bond donors (Lipinski definition) is 23. The van der Waals surface area contributed by atoms with Gasteiger partial charge in [-0.25, -0.2) is 4.79 Å². The molecule has 1 aromatic carbocycles. The molecule has 42 nitrogen and oxygen atoms in total. The average Bonchev–Trinajstić information content (AvgIpc) is 0.851. The Morgan fingerprint density at radius 2 is 0.739 bits per heavy atom. The molecule has 15 amide bonds. The van der Waals surface area contributed by atoms with Gasteiger partial charge in [0, 0.05) is 25.7 Å². The molecule has 0 aliphatic heterocycles. The summed E-state index contributed by atoms with van der Waals surface area (Å²) in [6, 6.07) is -15.3. The number of carboxylic acid groups (broad SMARTS) is 4. The number of nitrogens with two attached hydrogens (primary N) is 2. The lowest BCUT2D eigenvalue weighted by molar-refractivity contribution is -0.142.